The van der Waals surface area contributed by atoms with Crippen molar-refractivity contribution in [1.29, 1.82) is 0 Å². The normalized spacial score (nSPS) is 15.4. The van der Waals surface area contributed by atoms with Crippen LogP contribution in [0, 0.1) is 5.82 Å². The van der Waals surface area contributed by atoms with Gasteiger partial charge in [-0.25, -0.2) is 17.5 Å². The van der Waals surface area contributed by atoms with E-state index in [-0.39, 0.29) is 11.6 Å². The smallest absolute Gasteiger partial charge is 0.215 e. The van der Waals surface area contributed by atoms with Crippen LogP contribution in [0.1, 0.15) is 11.1 Å². The third kappa shape index (κ3) is 5.70. The summed E-state index contributed by atoms with van der Waals surface area (Å²) in [5.41, 5.74) is 2.34. The van der Waals surface area contributed by atoms with Crippen molar-refractivity contribution in [2.24, 2.45) is 4.99 Å². The van der Waals surface area contributed by atoms with Gasteiger partial charge in [-0.2, -0.15) is 0 Å². The first-order chi connectivity index (χ1) is 14.4. The third-order valence-corrected chi connectivity index (χ3v) is 6.43. The number of halogens is 1. The van der Waals surface area contributed by atoms with E-state index in [2.05, 4.69) is 19.9 Å². The van der Waals surface area contributed by atoms with E-state index in [9.17, 15) is 12.8 Å². The van der Waals surface area contributed by atoms with Gasteiger partial charge in [0.05, 0.1) is 11.4 Å². The van der Waals surface area contributed by atoms with E-state index in [1.54, 1.807) is 25.2 Å². The molecule has 2 aromatic rings. The van der Waals surface area contributed by atoms with Crippen LogP contribution in [0.3, 0.4) is 0 Å². The van der Waals surface area contributed by atoms with Crippen LogP contribution in [0.5, 0.6) is 0 Å². The number of para-hydroxylation sites is 1. The van der Waals surface area contributed by atoms with Crippen LogP contribution in [0.25, 0.3) is 0 Å². The number of benzene rings is 2. The van der Waals surface area contributed by atoms with Gasteiger partial charge in [0, 0.05) is 39.8 Å². The number of piperazine rings is 1. The first-order valence-corrected chi connectivity index (χ1v) is 11.5. The molecule has 1 saturated heterocycles. The number of nitrogens with one attached hydrogen (secondary N) is 2. The van der Waals surface area contributed by atoms with Crippen molar-refractivity contribution in [2.45, 2.75) is 12.3 Å². The van der Waals surface area contributed by atoms with Crippen LogP contribution < -0.4 is 14.9 Å². The number of aliphatic imine (C=N–C) groups is 1. The Hall–Kier alpha value is -2.65. The highest BCUT2D eigenvalue weighted by Gasteiger charge is 2.21. The minimum atomic E-state index is -3.31. The highest BCUT2D eigenvalue weighted by Crippen LogP contribution is 2.20. The highest BCUT2D eigenvalue weighted by atomic mass is 32.2. The summed E-state index contributed by atoms with van der Waals surface area (Å²) in [6.07, 6.45) is 0. The lowest BCUT2D eigenvalue weighted by atomic mass is 10.1. The first-order valence-electron chi connectivity index (χ1n) is 9.86. The Morgan fingerprint density at radius 1 is 1.07 bits per heavy atom. The predicted molar refractivity (Wildman–Crippen MR) is 119 cm³/mol. The van der Waals surface area contributed by atoms with Crippen molar-refractivity contribution in [2.75, 3.05) is 45.2 Å². The van der Waals surface area contributed by atoms with Crippen LogP contribution in [0.15, 0.2) is 53.5 Å². The molecule has 1 heterocycles. The fraction of sp³-hybridized carbons (Fsp3) is 0.381. The minimum Gasteiger partial charge on any atom is -0.366 e. The summed E-state index contributed by atoms with van der Waals surface area (Å²) in [7, 11) is -0.156. The second kappa shape index (κ2) is 9.90. The van der Waals surface area contributed by atoms with Crippen molar-refractivity contribution in [3.63, 3.8) is 0 Å². The lowest BCUT2D eigenvalue weighted by molar-refractivity contribution is 0.370. The summed E-state index contributed by atoms with van der Waals surface area (Å²) >= 11 is 0. The van der Waals surface area contributed by atoms with Crippen LogP contribution in [0.2, 0.25) is 0 Å². The standard InChI is InChI=1S/C21H28FN5O2S/c1-23-21(25-15-17-6-5-7-18(14-17)16-30(28,29)24-2)27-12-10-26(11-13-27)20-9-4-3-8-19(20)22/h3-9,14,24H,10-13,15-16H2,1-2H3,(H,23,25). The third-order valence-electron chi connectivity index (χ3n) is 5.09. The second-order valence-electron chi connectivity index (χ2n) is 7.11. The number of rotatable bonds is 6. The molecule has 9 heteroatoms. The van der Waals surface area contributed by atoms with Gasteiger partial charge in [-0.1, -0.05) is 36.4 Å². The van der Waals surface area contributed by atoms with Crippen molar-refractivity contribution >= 4 is 21.7 Å². The first kappa shape index (κ1) is 22.0. The second-order valence-corrected chi connectivity index (χ2v) is 9.04. The monoisotopic (exact) mass is 433 g/mol. The summed E-state index contributed by atoms with van der Waals surface area (Å²) in [5.74, 6) is 0.523. The van der Waals surface area contributed by atoms with Gasteiger partial charge in [0.15, 0.2) is 5.96 Å². The topological polar surface area (TPSA) is 77.0 Å². The van der Waals surface area contributed by atoms with Crippen molar-refractivity contribution in [3.8, 4) is 0 Å². The van der Waals surface area contributed by atoms with Gasteiger partial charge in [-0.05, 0) is 30.3 Å². The molecule has 2 aromatic carbocycles. The zero-order valence-electron chi connectivity index (χ0n) is 17.3. The molecule has 7 nitrogen and oxygen atoms in total. The molecule has 2 N–H and O–H groups in total. The molecule has 3 rings (SSSR count). The van der Waals surface area contributed by atoms with Gasteiger partial charge in [-0.15, -0.1) is 0 Å². The Bertz CT molecular complexity index is 988. The van der Waals surface area contributed by atoms with Gasteiger partial charge >= 0.3 is 0 Å². The number of hydrogen-bond acceptors (Lipinski definition) is 4. The lowest BCUT2D eigenvalue weighted by Gasteiger charge is -2.37. The van der Waals surface area contributed by atoms with E-state index < -0.39 is 10.0 Å². The van der Waals surface area contributed by atoms with Crippen LogP contribution in [-0.2, 0) is 22.3 Å². The quantitative estimate of drug-likeness (QED) is 0.536. The summed E-state index contributed by atoms with van der Waals surface area (Å²) in [6.45, 7) is 3.41. The molecule has 162 valence electrons. The van der Waals surface area contributed by atoms with Crippen LogP contribution in [-0.4, -0.2) is 59.6 Å². The van der Waals surface area contributed by atoms with E-state index in [1.807, 2.05) is 29.2 Å². The maximum Gasteiger partial charge on any atom is 0.215 e. The fourth-order valence-corrected chi connectivity index (χ4v) is 4.26. The molecule has 0 amide bonds. The molecule has 1 aliphatic heterocycles. The van der Waals surface area contributed by atoms with Crippen LogP contribution >= 0.6 is 0 Å². The molecule has 0 unspecified atom stereocenters. The van der Waals surface area contributed by atoms with Crippen molar-refractivity contribution in [3.05, 3.63) is 65.5 Å². The van der Waals surface area contributed by atoms with E-state index in [0.29, 0.717) is 25.3 Å². The molecular weight excluding hydrogens is 405 g/mol. The number of guanidine groups is 1. The molecule has 1 aliphatic rings. The summed E-state index contributed by atoms with van der Waals surface area (Å²) < 4.78 is 39.9. The van der Waals surface area contributed by atoms with Gasteiger partial charge < -0.3 is 15.1 Å². The highest BCUT2D eigenvalue weighted by molar-refractivity contribution is 7.88. The lowest BCUT2D eigenvalue weighted by Crippen LogP contribution is -2.52. The molecule has 0 atom stereocenters. The average molecular weight is 434 g/mol. The Morgan fingerprint density at radius 2 is 1.77 bits per heavy atom. The summed E-state index contributed by atoms with van der Waals surface area (Å²) in [4.78, 5) is 8.56. The molecule has 30 heavy (non-hydrogen) atoms. The van der Waals surface area contributed by atoms with Gasteiger partial charge in [0.2, 0.25) is 10.0 Å². The molecule has 0 bridgehead atoms. The maximum absolute atomic E-state index is 14.0. The van der Waals surface area contributed by atoms with Crippen LogP contribution in [0.4, 0.5) is 10.1 Å². The molecular formula is C21H28FN5O2S. The molecule has 0 radical (unpaired) electrons. The Balaban J connectivity index is 1.56. The largest absolute Gasteiger partial charge is 0.366 e. The van der Waals surface area contributed by atoms with Crippen molar-refractivity contribution in [1.82, 2.24) is 14.9 Å². The Kier molecular flexibility index (Phi) is 7.28. The Morgan fingerprint density at radius 3 is 2.43 bits per heavy atom. The summed E-state index contributed by atoms with van der Waals surface area (Å²) in [5, 5.41) is 3.34. The van der Waals surface area contributed by atoms with Gasteiger partial charge in [0.25, 0.3) is 0 Å². The molecule has 1 fully saturated rings. The Labute approximate surface area is 177 Å². The average Bonchev–Trinajstić information content (AvgIpc) is 2.75. The van der Waals surface area contributed by atoms with E-state index in [0.717, 1.165) is 30.2 Å². The molecule has 0 aliphatic carbocycles. The minimum absolute atomic E-state index is 0.0515. The van der Waals surface area contributed by atoms with E-state index in [1.165, 1.54) is 13.1 Å². The van der Waals surface area contributed by atoms with Gasteiger partial charge in [-0.3, -0.25) is 4.99 Å². The molecule has 0 saturated carbocycles. The molecule has 0 aromatic heterocycles. The predicted octanol–water partition coefficient (Wildman–Crippen LogP) is 1.77. The van der Waals surface area contributed by atoms with Gasteiger partial charge in [0.1, 0.15) is 5.82 Å². The molecule has 0 spiro atoms. The maximum atomic E-state index is 14.0. The number of sulfonamides is 1. The fourth-order valence-electron chi connectivity index (χ4n) is 3.50. The zero-order chi connectivity index (χ0) is 21.6. The van der Waals surface area contributed by atoms with E-state index in [4.69, 9.17) is 0 Å². The van der Waals surface area contributed by atoms with E-state index >= 15 is 0 Å². The zero-order valence-corrected chi connectivity index (χ0v) is 18.1. The SMILES string of the molecule is CN=C(NCc1cccc(CS(=O)(=O)NC)c1)N1CCN(c2ccccc2F)CC1. The number of hydrogen-bond donors (Lipinski definition) is 2. The summed E-state index contributed by atoms with van der Waals surface area (Å²) in [6, 6.07) is 14.3. The number of anilines is 1. The number of nitrogens with zero attached hydrogens (tertiary/aromatic N) is 3. The van der Waals surface area contributed by atoms with Crippen molar-refractivity contribution < 1.29 is 12.8 Å².